The Balaban J connectivity index is 1.68. The summed E-state index contributed by atoms with van der Waals surface area (Å²) in [6.45, 7) is 2.43. The molecule has 8 nitrogen and oxygen atoms in total. The molecule has 0 atom stereocenters. The fourth-order valence-electron chi connectivity index (χ4n) is 2.52. The third-order valence-electron chi connectivity index (χ3n) is 4.16. The number of carbonyl (C=O) groups is 2. The molecule has 0 aliphatic carbocycles. The van der Waals surface area contributed by atoms with Crippen LogP contribution >= 0.6 is 11.8 Å². The van der Waals surface area contributed by atoms with Crippen molar-refractivity contribution in [3.05, 3.63) is 70.1 Å². The molecule has 1 saturated heterocycles. The largest absolute Gasteiger partial charge is 0.493 e. The van der Waals surface area contributed by atoms with Gasteiger partial charge in [0.1, 0.15) is 6.61 Å². The van der Waals surface area contributed by atoms with E-state index in [1.165, 1.54) is 18.9 Å². The first kappa shape index (κ1) is 22.1. The molecular formula is C22H21N3O5S. The minimum atomic E-state index is -0.612. The van der Waals surface area contributed by atoms with Crippen LogP contribution in [-0.2, 0) is 20.9 Å². The van der Waals surface area contributed by atoms with Gasteiger partial charge < -0.3 is 14.2 Å². The number of ether oxygens (including phenoxy) is 3. The highest BCUT2D eigenvalue weighted by molar-refractivity contribution is 8.18. The van der Waals surface area contributed by atoms with Crippen molar-refractivity contribution >= 4 is 35.0 Å². The van der Waals surface area contributed by atoms with Gasteiger partial charge in [0, 0.05) is 6.08 Å². The zero-order valence-corrected chi connectivity index (χ0v) is 18.1. The summed E-state index contributed by atoms with van der Waals surface area (Å²) in [4.78, 5) is 23.3. The van der Waals surface area contributed by atoms with Crippen LogP contribution in [0.4, 0.5) is 0 Å². The molecule has 1 fully saturated rings. The van der Waals surface area contributed by atoms with Gasteiger partial charge in [-0.25, -0.2) is 4.79 Å². The van der Waals surface area contributed by atoms with E-state index in [4.69, 9.17) is 9.47 Å². The molecule has 1 N–H and O–H groups in total. The highest BCUT2D eigenvalue weighted by atomic mass is 32.2. The fourth-order valence-corrected chi connectivity index (χ4v) is 3.26. The highest BCUT2D eigenvalue weighted by Gasteiger charge is 2.25. The fraction of sp³-hybridized carbons (Fsp3) is 0.182. The Morgan fingerprint density at radius 3 is 2.61 bits per heavy atom. The summed E-state index contributed by atoms with van der Waals surface area (Å²) in [7, 11) is 2.82. The van der Waals surface area contributed by atoms with Gasteiger partial charge in [0.05, 0.1) is 25.3 Å². The monoisotopic (exact) mass is 439 g/mol. The normalized spacial score (nSPS) is 16.0. The Morgan fingerprint density at radius 2 is 1.90 bits per heavy atom. The topological polar surface area (TPSA) is 98.6 Å². The van der Waals surface area contributed by atoms with Crippen molar-refractivity contribution in [2.45, 2.75) is 13.5 Å². The second-order valence-corrected chi connectivity index (χ2v) is 7.45. The molecule has 0 bridgehead atoms. The predicted octanol–water partition coefficient (Wildman–Crippen LogP) is 3.19. The first-order chi connectivity index (χ1) is 15.0. The molecule has 160 valence electrons. The smallest absolute Gasteiger partial charge is 0.331 e. The van der Waals surface area contributed by atoms with E-state index in [-0.39, 0.29) is 10.1 Å². The van der Waals surface area contributed by atoms with Gasteiger partial charge in [-0.3, -0.25) is 10.1 Å². The molecule has 1 aliphatic heterocycles. The summed E-state index contributed by atoms with van der Waals surface area (Å²) in [5, 5.41) is 10.8. The zero-order chi connectivity index (χ0) is 22.2. The van der Waals surface area contributed by atoms with E-state index in [1.807, 2.05) is 37.3 Å². The van der Waals surface area contributed by atoms with E-state index in [1.54, 1.807) is 19.2 Å². The van der Waals surface area contributed by atoms with Crippen LogP contribution in [0.1, 0.15) is 16.7 Å². The SMILES string of the molecule is COC(=O)/C=C1/S/C(=N\N=Cc2ccc(OC)c(OCc3ccc(C)cc3)c2)NC1=O. The maximum atomic E-state index is 11.8. The molecule has 0 spiro atoms. The lowest BCUT2D eigenvalue weighted by molar-refractivity contribution is -0.135. The quantitative estimate of drug-likeness (QED) is 0.308. The van der Waals surface area contributed by atoms with E-state index in [0.29, 0.717) is 18.1 Å². The molecule has 0 saturated carbocycles. The Bertz CT molecular complexity index is 1060. The summed E-state index contributed by atoms with van der Waals surface area (Å²) < 4.78 is 15.8. The standard InChI is InChI=1S/C22H21N3O5S/c1-14-4-6-15(7-5-14)13-30-18-10-16(8-9-17(18)28-2)12-23-25-22-24-21(27)19(31-22)11-20(26)29-3/h4-12H,13H2,1-3H3,(H,24,25,27)/b19-11+,23-12?. The molecule has 31 heavy (non-hydrogen) atoms. The third kappa shape index (κ3) is 6.19. The maximum absolute atomic E-state index is 11.8. The lowest BCUT2D eigenvalue weighted by Gasteiger charge is -2.11. The van der Waals surface area contributed by atoms with Crippen LogP contribution in [0.5, 0.6) is 11.5 Å². The van der Waals surface area contributed by atoms with E-state index in [0.717, 1.165) is 29.0 Å². The van der Waals surface area contributed by atoms with Crippen LogP contribution in [0.25, 0.3) is 0 Å². The Hall–Kier alpha value is -3.59. The van der Waals surface area contributed by atoms with Crippen molar-refractivity contribution in [1.82, 2.24) is 5.32 Å². The molecule has 1 heterocycles. The number of hydrogen-bond donors (Lipinski definition) is 1. The Kier molecular flexibility index (Phi) is 7.45. The lowest BCUT2D eigenvalue weighted by Crippen LogP contribution is -2.19. The average Bonchev–Trinajstić information content (AvgIpc) is 3.12. The van der Waals surface area contributed by atoms with Crippen molar-refractivity contribution in [3.8, 4) is 11.5 Å². The van der Waals surface area contributed by atoms with E-state index >= 15 is 0 Å². The van der Waals surface area contributed by atoms with Gasteiger partial charge >= 0.3 is 5.97 Å². The summed E-state index contributed by atoms with van der Waals surface area (Å²) in [5.74, 6) is 0.137. The molecule has 0 aromatic heterocycles. The number of carbonyl (C=O) groups excluding carboxylic acids is 2. The molecule has 9 heteroatoms. The first-order valence-corrected chi connectivity index (χ1v) is 10.1. The number of rotatable bonds is 7. The van der Waals surface area contributed by atoms with Gasteiger partial charge in [0.15, 0.2) is 16.7 Å². The van der Waals surface area contributed by atoms with Crippen LogP contribution < -0.4 is 14.8 Å². The summed E-state index contributed by atoms with van der Waals surface area (Å²) >= 11 is 1.00. The van der Waals surface area contributed by atoms with E-state index < -0.39 is 11.9 Å². The van der Waals surface area contributed by atoms with Gasteiger partial charge in [0.25, 0.3) is 5.91 Å². The summed E-state index contributed by atoms with van der Waals surface area (Å²) in [6, 6.07) is 13.5. The van der Waals surface area contributed by atoms with Crippen LogP contribution in [0, 0.1) is 6.92 Å². The van der Waals surface area contributed by atoms with Crippen LogP contribution in [0.2, 0.25) is 0 Å². The van der Waals surface area contributed by atoms with Crippen molar-refractivity contribution in [2.75, 3.05) is 14.2 Å². The number of amides is 1. The minimum absolute atomic E-state index is 0.192. The number of benzene rings is 2. The highest BCUT2D eigenvalue weighted by Crippen LogP contribution is 2.28. The summed E-state index contributed by atoms with van der Waals surface area (Å²) in [5.41, 5.74) is 2.97. The van der Waals surface area contributed by atoms with Crippen molar-refractivity contribution in [3.63, 3.8) is 0 Å². The first-order valence-electron chi connectivity index (χ1n) is 9.24. The number of thioether (sulfide) groups is 1. The van der Waals surface area contributed by atoms with Gasteiger partial charge in [-0.1, -0.05) is 29.8 Å². The second kappa shape index (κ2) is 10.4. The number of hydrogen-bond acceptors (Lipinski definition) is 8. The Morgan fingerprint density at radius 1 is 1.13 bits per heavy atom. The number of nitrogens with zero attached hydrogens (tertiary/aromatic N) is 2. The van der Waals surface area contributed by atoms with Gasteiger partial charge in [-0.2, -0.15) is 5.10 Å². The molecule has 1 amide bonds. The average molecular weight is 439 g/mol. The summed E-state index contributed by atoms with van der Waals surface area (Å²) in [6.07, 6.45) is 2.63. The molecule has 1 aliphatic rings. The minimum Gasteiger partial charge on any atom is -0.493 e. The number of amidine groups is 1. The van der Waals surface area contributed by atoms with E-state index in [9.17, 15) is 9.59 Å². The predicted molar refractivity (Wildman–Crippen MR) is 119 cm³/mol. The molecule has 2 aromatic rings. The van der Waals surface area contributed by atoms with Crippen LogP contribution in [0.15, 0.2) is 63.6 Å². The molecule has 2 aromatic carbocycles. The lowest BCUT2D eigenvalue weighted by atomic mass is 10.1. The third-order valence-corrected chi connectivity index (χ3v) is 5.06. The molecule has 0 unspecified atom stereocenters. The van der Waals surface area contributed by atoms with Crippen molar-refractivity contribution in [1.29, 1.82) is 0 Å². The molecular weight excluding hydrogens is 418 g/mol. The zero-order valence-electron chi connectivity index (χ0n) is 17.2. The maximum Gasteiger partial charge on any atom is 0.331 e. The van der Waals surface area contributed by atoms with Gasteiger partial charge in [-0.05, 0) is 48.0 Å². The van der Waals surface area contributed by atoms with Crippen LogP contribution in [0.3, 0.4) is 0 Å². The van der Waals surface area contributed by atoms with Crippen molar-refractivity contribution < 1.29 is 23.8 Å². The second-order valence-electron chi connectivity index (χ2n) is 6.42. The Labute approximate surface area is 184 Å². The number of methoxy groups -OCH3 is 2. The van der Waals surface area contributed by atoms with Crippen molar-refractivity contribution in [2.24, 2.45) is 10.2 Å². The van der Waals surface area contributed by atoms with Crippen LogP contribution in [-0.4, -0.2) is 37.5 Å². The molecule has 0 radical (unpaired) electrons. The number of esters is 1. The number of aryl methyl sites for hydroxylation is 1. The van der Waals surface area contributed by atoms with Gasteiger partial charge in [-0.15, -0.1) is 5.10 Å². The van der Waals surface area contributed by atoms with E-state index in [2.05, 4.69) is 20.3 Å². The number of nitrogens with one attached hydrogen (secondary N) is 1. The molecule has 3 rings (SSSR count). The van der Waals surface area contributed by atoms with Gasteiger partial charge in [0.2, 0.25) is 0 Å².